The minimum atomic E-state index is 0.0204. The molecule has 0 aliphatic rings. The van der Waals surface area contributed by atoms with Crippen LogP contribution in [0.1, 0.15) is 11.1 Å². The molecule has 13 heavy (non-hydrogen) atoms. The number of carbonyl (C=O) groups is 1. The fraction of sp³-hybridized carbons (Fsp3) is 0.300. The van der Waals surface area contributed by atoms with Crippen LogP contribution in [0.15, 0.2) is 18.2 Å². The standard InChI is InChI=1S/C10H10Cl2O/c1-7-8(5-9(13)6-11)3-2-4-10(7)12/h2-4H,5-6H2,1H3. The molecule has 70 valence electrons. The number of benzene rings is 1. The van der Waals surface area contributed by atoms with Crippen LogP contribution in [0.5, 0.6) is 0 Å². The molecule has 3 heteroatoms. The fourth-order valence-corrected chi connectivity index (χ4v) is 1.39. The van der Waals surface area contributed by atoms with Gasteiger partial charge in [0.1, 0.15) is 0 Å². The number of carbonyl (C=O) groups excluding carboxylic acids is 1. The minimum Gasteiger partial charge on any atom is -0.298 e. The molecule has 0 atom stereocenters. The topological polar surface area (TPSA) is 17.1 Å². The first-order valence-electron chi connectivity index (χ1n) is 3.97. The largest absolute Gasteiger partial charge is 0.298 e. The molecule has 0 N–H and O–H groups in total. The quantitative estimate of drug-likeness (QED) is 0.711. The van der Waals surface area contributed by atoms with Crippen LogP contribution in [0.4, 0.5) is 0 Å². The second-order valence-corrected chi connectivity index (χ2v) is 3.55. The van der Waals surface area contributed by atoms with E-state index in [0.29, 0.717) is 11.4 Å². The van der Waals surface area contributed by atoms with Crippen molar-refractivity contribution in [3.05, 3.63) is 34.3 Å². The summed E-state index contributed by atoms with van der Waals surface area (Å²) in [4.78, 5) is 11.1. The molecule has 0 spiro atoms. The molecule has 1 aromatic carbocycles. The molecule has 0 unspecified atom stereocenters. The second-order valence-electron chi connectivity index (χ2n) is 2.87. The van der Waals surface area contributed by atoms with Crippen LogP contribution >= 0.6 is 23.2 Å². The van der Waals surface area contributed by atoms with Crippen LogP contribution in [0.3, 0.4) is 0 Å². The van der Waals surface area contributed by atoms with Gasteiger partial charge in [0.05, 0.1) is 5.88 Å². The first-order valence-corrected chi connectivity index (χ1v) is 4.88. The Kier molecular flexibility index (Phi) is 3.76. The SMILES string of the molecule is Cc1c(Cl)cccc1CC(=O)CCl. The Bertz CT molecular complexity index is 321. The predicted molar refractivity (Wildman–Crippen MR) is 55.6 cm³/mol. The van der Waals surface area contributed by atoms with Gasteiger partial charge in [-0.05, 0) is 24.1 Å². The highest BCUT2D eigenvalue weighted by Gasteiger charge is 2.06. The Morgan fingerprint density at radius 1 is 1.46 bits per heavy atom. The van der Waals surface area contributed by atoms with Crippen LogP contribution in [0.25, 0.3) is 0 Å². The van der Waals surface area contributed by atoms with Crippen LogP contribution < -0.4 is 0 Å². The molecule has 0 aromatic heterocycles. The van der Waals surface area contributed by atoms with Gasteiger partial charge in [0.2, 0.25) is 0 Å². The van der Waals surface area contributed by atoms with Crippen LogP contribution in [0.2, 0.25) is 5.02 Å². The molecular weight excluding hydrogens is 207 g/mol. The van der Waals surface area contributed by atoms with E-state index in [4.69, 9.17) is 23.2 Å². The summed E-state index contributed by atoms with van der Waals surface area (Å²) in [6, 6.07) is 5.55. The Labute approximate surface area is 87.7 Å². The Balaban J connectivity index is 2.89. The summed E-state index contributed by atoms with van der Waals surface area (Å²) in [5.41, 5.74) is 1.92. The van der Waals surface area contributed by atoms with Gasteiger partial charge in [-0.1, -0.05) is 23.7 Å². The third-order valence-electron chi connectivity index (χ3n) is 1.92. The van der Waals surface area contributed by atoms with Crippen LogP contribution in [-0.4, -0.2) is 11.7 Å². The van der Waals surface area contributed by atoms with Gasteiger partial charge in [0.25, 0.3) is 0 Å². The Hall–Kier alpha value is -0.530. The molecule has 0 amide bonds. The maximum atomic E-state index is 11.1. The van der Waals surface area contributed by atoms with E-state index >= 15 is 0 Å². The van der Waals surface area contributed by atoms with Crippen molar-refractivity contribution in [1.29, 1.82) is 0 Å². The van der Waals surface area contributed by atoms with Crippen molar-refractivity contribution in [2.24, 2.45) is 0 Å². The molecule has 0 saturated heterocycles. The van der Waals surface area contributed by atoms with Gasteiger partial charge >= 0.3 is 0 Å². The molecule has 0 bridgehead atoms. The average molecular weight is 217 g/mol. The summed E-state index contributed by atoms with van der Waals surface area (Å²) in [6.45, 7) is 1.90. The molecule has 0 heterocycles. The number of Topliss-reactive ketones (excluding diaryl/α,β-unsaturated/α-hetero) is 1. The summed E-state index contributed by atoms with van der Waals surface area (Å²) in [5.74, 6) is 0.0819. The Morgan fingerprint density at radius 2 is 2.15 bits per heavy atom. The highest BCUT2D eigenvalue weighted by Crippen LogP contribution is 2.19. The lowest BCUT2D eigenvalue weighted by Gasteiger charge is -2.04. The lowest BCUT2D eigenvalue weighted by atomic mass is 10.0. The van der Waals surface area contributed by atoms with Crippen molar-refractivity contribution in [1.82, 2.24) is 0 Å². The smallest absolute Gasteiger partial charge is 0.151 e. The zero-order chi connectivity index (χ0) is 9.84. The van der Waals surface area contributed by atoms with E-state index in [9.17, 15) is 4.79 Å². The predicted octanol–water partition coefficient (Wildman–Crippen LogP) is 3.00. The lowest BCUT2D eigenvalue weighted by Crippen LogP contribution is -2.05. The molecule has 1 nitrogen and oxygen atoms in total. The lowest BCUT2D eigenvalue weighted by molar-refractivity contribution is -0.116. The average Bonchev–Trinajstić information content (AvgIpc) is 2.13. The highest BCUT2D eigenvalue weighted by molar-refractivity contribution is 6.31. The first-order chi connectivity index (χ1) is 6.15. The molecule has 0 aliphatic heterocycles. The number of alkyl halides is 1. The van der Waals surface area contributed by atoms with Crippen molar-refractivity contribution in [3.63, 3.8) is 0 Å². The van der Waals surface area contributed by atoms with Crippen molar-refractivity contribution < 1.29 is 4.79 Å². The summed E-state index contributed by atoms with van der Waals surface area (Å²) < 4.78 is 0. The van der Waals surface area contributed by atoms with Crippen LogP contribution in [-0.2, 0) is 11.2 Å². The van der Waals surface area contributed by atoms with E-state index in [-0.39, 0.29) is 11.7 Å². The van der Waals surface area contributed by atoms with Gasteiger partial charge in [0.15, 0.2) is 5.78 Å². The molecule has 0 aliphatic carbocycles. The minimum absolute atomic E-state index is 0.0204. The van der Waals surface area contributed by atoms with Gasteiger partial charge in [0, 0.05) is 11.4 Å². The molecule has 0 fully saturated rings. The van der Waals surface area contributed by atoms with Gasteiger partial charge in [-0.3, -0.25) is 4.79 Å². The second kappa shape index (κ2) is 4.64. The van der Waals surface area contributed by atoms with Gasteiger partial charge in [-0.2, -0.15) is 0 Å². The number of hydrogen-bond donors (Lipinski definition) is 0. The summed E-state index contributed by atoms with van der Waals surface area (Å²) >= 11 is 11.3. The third-order valence-corrected chi connectivity index (χ3v) is 2.62. The summed E-state index contributed by atoms with van der Waals surface area (Å²) in [7, 11) is 0. The van der Waals surface area contributed by atoms with E-state index in [2.05, 4.69) is 0 Å². The number of halogens is 2. The zero-order valence-corrected chi connectivity index (χ0v) is 8.82. The number of rotatable bonds is 3. The van der Waals surface area contributed by atoms with Crippen molar-refractivity contribution in [2.45, 2.75) is 13.3 Å². The van der Waals surface area contributed by atoms with Gasteiger partial charge in [-0.25, -0.2) is 0 Å². The molecular formula is C10H10Cl2O. The van der Waals surface area contributed by atoms with E-state index < -0.39 is 0 Å². The number of ketones is 1. The van der Waals surface area contributed by atoms with Crippen molar-refractivity contribution in [3.8, 4) is 0 Å². The Morgan fingerprint density at radius 3 is 2.77 bits per heavy atom. The van der Waals surface area contributed by atoms with Crippen LogP contribution in [0, 0.1) is 6.92 Å². The molecule has 1 aromatic rings. The van der Waals surface area contributed by atoms with Crippen molar-refractivity contribution in [2.75, 3.05) is 5.88 Å². The van der Waals surface area contributed by atoms with Gasteiger partial charge < -0.3 is 0 Å². The number of hydrogen-bond acceptors (Lipinski definition) is 1. The van der Waals surface area contributed by atoms with E-state index in [1.54, 1.807) is 0 Å². The van der Waals surface area contributed by atoms with Gasteiger partial charge in [-0.15, -0.1) is 11.6 Å². The highest BCUT2D eigenvalue weighted by atomic mass is 35.5. The normalized spacial score (nSPS) is 10.1. The summed E-state index contributed by atoms with van der Waals surface area (Å²) in [5, 5.41) is 0.694. The summed E-state index contributed by atoms with van der Waals surface area (Å²) in [6.07, 6.45) is 0.371. The zero-order valence-electron chi connectivity index (χ0n) is 7.31. The fourth-order valence-electron chi connectivity index (χ4n) is 1.10. The van der Waals surface area contributed by atoms with E-state index in [1.807, 2.05) is 25.1 Å². The molecule has 1 rings (SSSR count). The monoisotopic (exact) mass is 216 g/mol. The first kappa shape index (κ1) is 10.6. The van der Waals surface area contributed by atoms with E-state index in [1.165, 1.54) is 0 Å². The molecule has 0 radical (unpaired) electrons. The molecule has 0 saturated carbocycles. The van der Waals surface area contributed by atoms with Crippen molar-refractivity contribution >= 4 is 29.0 Å². The maximum Gasteiger partial charge on any atom is 0.151 e. The third kappa shape index (κ3) is 2.71. The van der Waals surface area contributed by atoms with E-state index in [0.717, 1.165) is 11.1 Å². The maximum absolute atomic E-state index is 11.1.